The van der Waals surface area contributed by atoms with Gasteiger partial charge in [-0.2, -0.15) is 0 Å². The lowest BCUT2D eigenvalue weighted by Gasteiger charge is -2.33. The van der Waals surface area contributed by atoms with Gasteiger partial charge in [0.2, 0.25) is 0 Å². The smallest absolute Gasteiger partial charge is 0.191 e. The van der Waals surface area contributed by atoms with Crippen molar-refractivity contribution in [1.29, 1.82) is 0 Å². The predicted molar refractivity (Wildman–Crippen MR) is 96.7 cm³/mol. The van der Waals surface area contributed by atoms with E-state index in [4.69, 9.17) is 0 Å². The second kappa shape index (κ2) is 9.50. The van der Waals surface area contributed by atoms with Gasteiger partial charge in [-0.3, -0.25) is 9.98 Å². The topological polar surface area (TPSA) is 52.6 Å². The second-order valence-corrected chi connectivity index (χ2v) is 6.36. The van der Waals surface area contributed by atoms with E-state index in [-0.39, 0.29) is 0 Å². The molecule has 0 spiro atoms. The summed E-state index contributed by atoms with van der Waals surface area (Å²) in [5.41, 5.74) is 2.08. The van der Waals surface area contributed by atoms with Crippen LogP contribution in [-0.2, 0) is 6.54 Å². The van der Waals surface area contributed by atoms with Crippen LogP contribution >= 0.6 is 0 Å². The molecule has 0 radical (unpaired) electrons. The third kappa shape index (κ3) is 6.18. The Morgan fingerprint density at radius 3 is 2.96 bits per heavy atom. The molecule has 1 aromatic rings. The molecule has 0 aromatic carbocycles. The summed E-state index contributed by atoms with van der Waals surface area (Å²) in [4.78, 5) is 11.4. The summed E-state index contributed by atoms with van der Waals surface area (Å²) >= 11 is 0. The van der Waals surface area contributed by atoms with Crippen LogP contribution in [0.2, 0.25) is 0 Å². The summed E-state index contributed by atoms with van der Waals surface area (Å²) in [5.74, 6) is 0.847. The number of piperidine rings is 1. The average molecular weight is 317 g/mol. The Balaban J connectivity index is 1.65. The zero-order chi connectivity index (χ0) is 16.5. The fourth-order valence-electron chi connectivity index (χ4n) is 3.07. The Bertz CT molecular complexity index is 500. The first-order chi connectivity index (χ1) is 11.2. The zero-order valence-electron chi connectivity index (χ0n) is 14.8. The van der Waals surface area contributed by atoms with Gasteiger partial charge in [-0.1, -0.05) is 12.5 Å². The summed E-state index contributed by atoms with van der Waals surface area (Å²) in [6, 6.07) is 6.83. The highest BCUT2D eigenvalue weighted by Crippen LogP contribution is 2.15. The number of likely N-dealkylation sites (tertiary alicyclic amines) is 1. The third-order valence-corrected chi connectivity index (χ3v) is 4.46. The van der Waals surface area contributed by atoms with Crippen molar-refractivity contribution in [2.45, 2.75) is 52.1 Å². The van der Waals surface area contributed by atoms with Crippen molar-refractivity contribution in [3.05, 3.63) is 29.6 Å². The van der Waals surface area contributed by atoms with E-state index in [2.05, 4.69) is 32.4 Å². The maximum Gasteiger partial charge on any atom is 0.191 e. The molecule has 5 nitrogen and oxygen atoms in total. The fraction of sp³-hybridized carbons (Fsp3) is 0.667. The number of nitrogens with zero attached hydrogens (tertiary/aromatic N) is 3. The number of guanidine groups is 1. The fourth-order valence-corrected chi connectivity index (χ4v) is 3.07. The van der Waals surface area contributed by atoms with Crippen molar-refractivity contribution in [2.24, 2.45) is 4.99 Å². The Morgan fingerprint density at radius 1 is 1.35 bits per heavy atom. The van der Waals surface area contributed by atoms with Crippen LogP contribution in [0.4, 0.5) is 0 Å². The molecule has 1 aliphatic rings. The molecule has 0 aliphatic carbocycles. The largest absolute Gasteiger partial charge is 0.356 e. The Kier molecular flexibility index (Phi) is 7.33. The van der Waals surface area contributed by atoms with Crippen LogP contribution in [0.1, 0.15) is 44.0 Å². The average Bonchev–Trinajstić information content (AvgIpc) is 2.56. The first kappa shape index (κ1) is 17.7. The van der Waals surface area contributed by atoms with Crippen molar-refractivity contribution < 1.29 is 0 Å². The minimum Gasteiger partial charge on any atom is -0.356 e. The first-order valence-corrected chi connectivity index (χ1v) is 8.80. The Hall–Kier alpha value is -1.62. The molecule has 0 bridgehead atoms. The Labute approximate surface area is 140 Å². The molecule has 128 valence electrons. The van der Waals surface area contributed by atoms with E-state index < -0.39 is 0 Å². The lowest BCUT2D eigenvalue weighted by Crippen LogP contribution is -2.41. The van der Waals surface area contributed by atoms with Crippen molar-refractivity contribution in [1.82, 2.24) is 20.5 Å². The van der Waals surface area contributed by atoms with Gasteiger partial charge in [-0.25, -0.2) is 0 Å². The van der Waals surface area contributed by atoms with Crippen LogP contribution in [0.25, 0.3) is 0 Å². The minimum atomic E-state index is 0.699. The maximum absolute atomic E-state index is 4.49. The van der Waals surface area contributed by atoms with Gasteiger partial charge in [-0.05, 0) is 51.8 Å². The van der Waals surface area contributed by atoms with E-state index in [1.54, 1.807) is 0 Å². The molecule has 0 saturated carbocycles. The van der Waals surface area contributed by atoms with Crippen molar-refractivity contribution >= 4 is 5.96 Å². The molecule has 1 aromatic heterocycles. The molecule has 0 amide bonds. The number of hydrogen-bond acceptors (Lipinski definition) is 3. The standard InChI is InChI=1S/C18H31N5/c1-15-8-6-10-17(22-15)14-21-18(19-3)20-11-7-13-23-12-5-4-9-16(23)2/h6,8,10,16H,4-5,7,9,11-14H2,1-3H3,(H2,19,20,21). The van der Waals surface area contributed by atoms with Crippen LogP contribution in [0.3, 0.4) is 0 Å². The molecule has 1 fully saturated rings. The van der Waals surface area contributed by atoms with Gasteiger partial charge in [-0.15, -0.1) is 0 Å². The van der Waals surface area contributed by atoms with Crippen molar-refractivity contribution in [3.63, 3.8) is 0 Å². The van der Waals surface area contributed by atoms with E-state index in [0.29, 0.717) is 6.54 Å². The first-order valence-electron chi connectivity index (χ1n) is 8.80. The molecule has 23 heavy (non-hydrogen) atoms. The lowest BCUT2D eigenvalue weighted by atomic mass is 10.0. The van der Waals surface area contributed by atoms with Crippen LogP contribution in [-0.4, -0.2) is 48.6 Å². The molecule has 5 heteroatoms. The minimum absolute atomic E-state index is 0.699. The number of rotatable bonds is 6. The third-order valence-electron chi connectivity index (χ3n) is 4.46. The van der Waals surface area contributed by atoms with Gasteiger partial charge in [0, 0.05) is 31.9 Å². The molecular formula is C18H31N5. The molecule has 2 rings (SSSR count). The van der Waals surface area contributed by atoms with Crippen molar-refractivity contribution in [3.8, 4) is 0 Å². The van der Waals surface area contributed by atoms with Crippen molar-refractivity contribution in [2.75, 3.05) is 26.7 Å². The van der Waals surface area contributed by atoms with Crippen LogP contribution in [0.5, 0.6) is 0 Å². The van der Waals surface area contributed by atoms with Gasteiger partial charge >= 0.3 is 0 Å². The summed E-state index contributed by atoms with van der Waals surface area (Å²) in [7, 11) is 1.81. The van der Waals surface area contributed by atoms with Gasteiger partial charge in [0.05, 0.1) is 12.2 Å². The zero-order valence-corrected chi connectivity index (χ0v) is 14.8. The van der Waals surface area contributed by atoms with E-state index >= 15 is 0 Å². The summed E-state index contributed by atoms with van der Waals surface area (Å²) < 4.78 is 0. The van der Waals surface area contributed by atoms with Gasteiger partial charge in [0.1, 0.15) is 0 Å². The molecule has 2 N–H and O–H groups in total. The molecule has 1 atom stereocenters. The molecule has 1 aliphatic heterocycles. The van der Waals surface area contributed by atoms with Gasteiger partial charge in [0.25, 0.3) is 0 Å². The molecular weight excluding hydrogens is 286 g/mol. The summed E-state index contributed by atoms with van der Waals surface area (Å²) in [6.45, 7) is 8.44. The number of hydrogen-bond donors (Lipinski definition) is 2. The number of aliphatic imine (C=N–C) groups is 1. The quantitative estimate of drug-likeness (QED) is 0.480. The van der Waals surface area contributed by atoms with Gasteiger partial charge < -0.3 is 15.5 Å². The van der Waals surface area contributed by atoms with E-state index in [1.807, 2.05) is 32.2 Å². The lowest BCUT2D eigenvalue weighted by molar-refractivity contribution is 0.159. The van der Waals surface area contributed by atoms with Crippen LogP contribution < -0.4 is 10.6 Å². The second-order valence-electron chi connectivity index (χ2n) is 6.36. The molecule has 1 unspecified atom stereocenters. The highest BCUT2D eigenvalue weighted by atomic mass is 15.2. The highest BCUT2D eigenvalue weighted by Gasteiger charge is 2.17. The van der Waals surface area contributed by atoms with E-state index in [1.165, 1.54) is 32.4 Å². The van der Waals surface area contributed by atoms with Crippen LogP contribution in [0.15, 0.2) is 23.2 Å². The molecule has 2 heterocycles. The number of nitrogens with one attached hydrogen (secondary N) is 2. The SMILES string of the molecule is CN=C(NCCCN1CCCCC1C)NCc1cccc(C)n1. The van der Waals surface area contributed by atoms with Gasteiger partial charge in [0.15, 0.2) is 5.96 Å². The summed E-state index contributed by atoms with van der Waals surface area (Å²) in [6.07, 6.45) is 5.23. The normalized spacial score (nSPS) is 19.6. The number of pyridine rings is 1. The summed E-state index contributed by atoms with van der Waals surface area (Å²) in [5, 5.41) is 6.72. The molecule has 1 saturated heterocycles. The van der Waals surface area contributed by atoms with E-state index in [0.717, 1.165) is 36.4 Å². The van der Waals surface area contributed by atoms with Crippen LogP contribution in [0, 0.1) is 6.92 Å². The Morgan fingerprint density at radius 2 is 2.22 bits per heavy atom. The maximum atomic E-state index is 4.49. The van der Waals surface area contributed by atoms with E-state index in [9.17, 15) is 0 Å². The number of aryl methyl sites for hydroxylation is 1. The predicted octanol–water partition coefficient (Wildman–Crippen LogP) is 2.32. The highest BCUT2D eigenvalue weighted by molar-refractivity contribution is 5.79. The number of aromatic nitrogens is 1. The monoisotopic (exact) mass is 317 g/mol.